The van der Waals surface area contributed by atoms with Crippen molar-refractivity contribution in [3.8, 4) is 5.69 Å². The summed E-state index contributed by atoms with van der Waals surface area (Å²) in [6, 6.07) is 14.0. The highest BCUT2D eigenvalue weighted by atomic mass is 16.4. The number of hydrogen-bond donors (Lipinski definition) is 4. The first-order valence-electron chi connectivity index (χ1n) is 10.4. The Labute approximate surface area is 184 Å². The maximum Gasteiger partial charge on any atom is 0.303 e. The molecule has 1 fully saturated rings. The molecule has 1 amide bonds. The minimum Gasteiger partial charge on any atom is -0.481 e. The zero-order valence-electron chi connectivity index (χ0n) is 17.5. The van der Waals surface area contributed by atoms with Gasteiger partial charge in [-0.2, -0.15) is 5.10 Å². The van der Waals surface area contributed by atoms with Crippen LogP contribution >= 0.6 is 0 Å². The number of nitrogens with one attached hydrogen (secondary N) is 1. The molecule has 168 valence electrons. The minimum atomic E-state index is -1.08. The number of carboxylic acids is 2. The number of aromatic nitrogens is 2. The largest absolute Gasteiger partial charge is 0.481 e. The summed E-state index contributed by atoms with van der Waals surface area (Å²) >= 11 is 0. The van der Waals surface area contributed by atoms with Gasteiger partial charge in [-0.3, -0.25) is 14.4 Å². The fraction of sp³-hybridized carbons (Fsp3) is 0.304. The number of piperidine rings is 1. The smallest absolute Gasteiger partial charge is 0.303 e. The third kappa shape index (κ3) is 5.92. The fourth-order valence-electron chi connectivity index (χ4n) is 3.63. The van der Waals surface area contributed by atoms with Gasteiger partial charge in [0.15, 0.2) is 0 Å². The molecule has 1 saturated heterocycles. The first-order valence-corrected chi connectivity index (χ1v) is 10.4. The topological polar surface area (TPSA) is 148 Å². The molecular weight excluding hydrogens is 412 g/mol. The maximum absolute atomic E-state index is 11.5. The number of benzene rings is 2. The molecule has 1 aliphatic rings. The van der Waals surface area contributed by atoms with E-state index in [4.69, 9.17) is 15.9 Å². The lowest BCUT2D eigenvalue weighted by Gasteiger charge is -2.23. The summed E-state index contributed by atoms with van der Waals surface area (Å²) < 4.78 is 1.81. The molecule has 0 radical (unpaired) electrons. The van der Waals surface area contributed by atoms with Crippen LogP contribution in [0.5, 0.6) is 0 Å². The van der Waals surface area contributed by atoms with Crippen LogP contribution in [0.2, 0.25) is 0 Å². The van der Waals surface area contributed by atoms with Crippen molar-refractivity contribution in [3.05, 3.63) is 59.8 Å². The van der Waals surface area contributed by atoms with Crippen LogP contribution in [0.25, 0.3) is 16.6 Å². The van der Waals surface area contributed by atoms with Gasteiger partial charge < -0.3 is 21.3 Å². The standard InChI is InChI=1S/C19H20N4O.C4H6O4/c20-19(24)17-5-1-3-15-12-23(22-18(15)17)16-8-6-13(7-9-16)14-4-2-10-21-11-14;5-3(6)1-2-4(7)8/h1,3,5-9,12,14,21H,2,4,10-11H2,(H2,20,24);1-2H2,(H,5,6)(H,7,8)/t14-;/m1./s1. The van der Waals surface area contributed by atoms with Crippen molar-refractivity contribution in [2.45, 2.75) is 31.6 Å². The Bertz CT molecular complexity index is 1090. The van der Waals surface area contributed by atoms with E-state index in [2.05, 4.69) is 34.7 Å². The lowest BCUT2D eigenvalue weighted by molar-refractivity contribution is -0.143. The molecule has 1 aliphatic heterocycles. The molecule has 2 aromatic carbocycles. The number of amides is 1. The Balaban J connectivity index is 0.000000312. The highest BCUT2D eigenvalue weighted by molar-refractivity contribution is 6.04. The molecule has 0 saturated carbocycles. The molecule has 9 nitrogen and oxygen atoms in total. The van der Waals surface area contributed by atoms with Crippen LogP contribution in [0, 0.1) is 0 Å². The molecule has 0 spiro atoms. The molecular formula is C23H26N4O5. The third-order valence-corrected chi connectivity index (χ3v) is 5.28. The molecule has 2 heterocycles. The summed E-state index contributed by atoms with van der Waals surface area (Å²) in [4.78, 5) is 30.8. The Morgan fingerprint density at radius 3 is 2.31 bits per heavy atom. The van der Waals surface area contributed by atoms with Gasteiger partial charge in [0, 0.05) is 18.1 Å². The Morgan fingerprint density at radius 2 is 1.75 bits per heavy atom. The van der Waals surface area contributed by atoms with Crippen LogP contribution in [0.3, 0.4) is 0 Å². The SMILES string of the molecule is NC(=O)c1cccc2cn(-c3ccc([C@@H]4CCCNC4)cc3)nc12.O=C(O)CCC(=O)O. The second kappa shape index (κ2) is 10.5. The summed E-state index contributed by atoms with van der Waals surface area (Å²) in [7, 11) is 0. The van der Waals surface area contributed by atoms with Gasteiger partial charge in [0.1, 0.15) is 5.52 Å². The van der Waals surface area contributed by atoms with Crippen molar-refractivity contribution in [2.24, 2.45) is 5.73 Å². The zero-order valence-corrected chi connectivity index (χ0v) is 17.5. The maximum atomic E-state index is 11.5. The number of primary amides is 1. The van der Waals surface area contributed by atoms with Crippen molar-refractivity contribution in [1.82, 2.24) is 15.1 Å². The van der Waals surface area contributed by atoms with Gasteiger partial charge in [-0.15, -0.1) is 0 Å². The number of nitrogens with two attached hydrogens (primary N) is 1. The number of fused-ring (bicyclic) bond motifs is 1. The van der Waals surface area contributed by atoms with E-state index < -0.39 is 17.8 Å². The molecule has 0 unspecified atom stereocenters. The predicted molar refractivity (Wildman–Crippen MR) is 119 cm³/mol. The first kappa shape index (κ1) is 23.0. The van der Waals surface area contributed by atoms with Crippen LogP contribution in [-0.2, 0) is 9.59 Å². The lowest BCUT2D eigenvalue weighted by Crippen LogP contribution is -2.28. The van der Waals surface area contributed by atoms with Gasteiger partial charge in [-0.05, 0) is 49.1 Å². The van der Waals surface area contributed by atoms with Gasteiger partial charge in [0.2, 0.25) is 0 Å². The Hall–Kier alpha value is -3.72. The molecule has 3 aromatic rings. The van der Waals surface area contributed by atoms with Crippen molar-refractivity contribution < 1.29 is 24.6 Å². The van der Waals surface area contributed by atoms with Crippen molar-refractivity contribution in [3.63, 3.8) is 0 Å². The van der Waals surface area contributed by atoms with Gasteiger partial charge in [-0.1, -0.05) is 24.3 Å². The summed E-state index contributed by atoms with van der Waals surface area (Å²) in [6.07, 6.45) is 3.80. The molecule has 1 aromatic heterocycles. The summed E-state index contributed by atoms with van der Waals surface area (Å²) in [6.45, 7) is 2.17. The average Bonchev–Trinajstić information content (AvgIpc) is 3.23. The normalized spacial score (nSPS) is 15.6. The second-order valence-corrected chi connectivity index (χ2v) is 7.60. The number of nitrogens with zero attached hydrogens (tertiary/aromatic N) is 2. The number of carbonyl (C=O) groups excluding carboxylic acids is 1. The monoisotopic (exact) mass is 438 g/mol. The fourth-order valence-corrected chi connectivity index (χ4v) is 3.63. The van der Waals surface area contributed by atoms with Gasteiger partial charge in [-0.25, -0.2) is 4.68 Å². The van der Waals surface area contributed by atoms with E-state index in [1.54, 1.807) is 10.7 Å². The van der Waals surface area contributed by atoms with Crippen LogP contribution in [-0.4, -0.2) is 50.9 Å². The van der Waals surface area contributed by atoms with E-state index in [9.17, 15) is 14.4 Å². The van der Waals surface area contributed by atoms with Crippen molar-refractivity contribution >= 4 is 28.7 Å². The Kier molecular flexibility index (Phi) is 7.56. The van der Waals surface area contributed by atoms with Gasteiger partial charge in [0.25, 0.3) is 5.91 Å². The Morgan fingerprint density at radius 1 is 1.06 bits per heavy atom. The van der Waals surface area contributed by atoms with E-state index in [1.807, 2.05) is 18.3 Å². The van der Waals surface area contributed by atoms with E-state index in [1.165, 1.54) is 18.4 Å². The van der Waals surface area contributed by atoms with E-state index >= 15 is 0 Å². The lowest BCUT2D eigenvalue weighted by atomic mass is 9.92. The number of hydrogen-bond acceptors (Lipinski definition) is 5. The van der Waals surface area contributed by atoms with Crippen molar-refractivity contribution in [2.75, 3.05) is 13.1 Å². The van der Waals surface area contributed by atoms with Crippen molar-refractivity contribution in [1.29, 1.82) is 0 Å². The van der Waals surface area contributed by atoms with E-state index in [-0.39, 0.29) is 12.8 Å². The van der Waals surface area contributed by atoms with Gasteiger partial charge in [0.05, 0.1) is 24.1 Å². The van der Waals surface area contributed by atoms with E-state index in [0.29, 0.717) is 17.0 Å². The molecule has 9 heteroatoms. The summed E-state index contributed by atoms with van der Waals surface area (Å²) in [5, 5.41) is 24.7. The number of rotatable bonds is 6. The molecule has 32 heavy (non-hydrogen) atoms. The summed E-state index contributed by atoms with van der Waals surface area (Å²) in [5.74, 6) is -2.02. The second-order valence-electron chi connectivity index (χ2n) is 7.60. The molecule has 4 rings (SSSR count). The molecule has 1 atom stereocenters. The first-order chi connectivity index (χ1) is 15.3. The molecule has 0 bridgehead atoms. The van der Waals surface area contributed by atoms with Crippen LogP contribution in [0.15, 0.2) is 48.7 Å². The molecule has 0 aliphatic carbocycles. The third-order valence-electron chi connectivity index (χ3n) is 5.28. The highest BCUT2D eigenvalue weighted by Gasteiger charge is 2.15. The summed E-state index contributed by atoms with van der Waals surface area (Å²) in [5.41, 5.74) is 8.88. The minimum absolute atomic E-state index is 0.296. The quantitative estimate of drug-likeness (QED) is 0.462. The van der Waals surface area contributed by atoms with E-state index in [0.717, 1.165) is 24.2 Å². The van der Waals surface area contributed by atoms with Gasteiger partial charge >= 0.3 is 11.9 Å². The number of carboxylic acid groups (broad SMARTS) is 2. The zero-order chi connectivity index (χ0) is 23.1. The average molecular weight is 438 g/mol. The molecule has 5 N–H and O–H groups in total. The van der Waals surface area contributed by atoms with Crippen LogP contribution < -0.4 is 11.1 Å². The predicted octanol–water partition coefficient (Wildman–Crippen LogP) is 2.53. The van der Waals surface area contributed by atoms with Crippen LogP contribution in [0.1, 0.15) is 47.5 Å². The number of aliphatic carboxylic acids is 2. The highest BCUT2D eigenvalue weighted by Crippen LogP contribution is 2.25. The number of carbonyl (C=O) groups is 3. The van der Waals surface area contributed by atoms with Crippen LogP contribution in [0.4, 0.5) is 0 Å².